The number of nitrogens with two attached hydrogens (primary N) is 1. The first-order valence-corrected chi connectivity index (χ1v) is 6.32. The second-order valence-electron chi connectivity index (χ2n) is 4.46. The van der Waals surface area contributed by atoms with E-state index in [0.29, 0.717) is 12.2 Å². The Labute approximate surface area is 121 Å². The molecule has 0 spiro atoms. The summed E-state index contributed by atoms with van der Waals surface area (Å²) < 4.78 is 10.6. The minimum absolute atomic E-state index is 0.0140. The van der Waals surface area contributed by atoms with Crippen LogP contribution in [0.3, 0.4) is 0 Å². The lowest BCUT2D eigenvalue weighted by molar-refractivity contribution is 0.174. The first kappa shape index (κ1) is 13.0. The van der Waals surface area contributed by atoms with E-state index in [1.165, 1.54) is 0 Å². The molecule has 0 fully saturated rings. The number of oxime groups is 1. The van der Waals surface area contributed by atoms with Gasteiger partial charge < -0.3 is 25.7 Å². The summed E-state index contributed by atoms with van der Waals surface area (Å²) >= 11 is 0. The summed E-state index contributed by atoms with van der Waals surface area (Å²) in [7, 11) is 0. The average molecular weight is 286 g/mol. The summed E-state index contributed by atoms with van der Waals surface area (Å²) in [4.78, 5) is 4.03. The Morgan fingerprint density at radius 3 is 3.00 bits per heavy atom. The summed E-state index contributed by atoms with van der Waals surface area (Å²) in [6, 6.07) is 9.27. The summed E-state index contributed by atoms with van der Waals surface area (Å²) in [6.45, 7) is 0.833. The Hall–Kier alpha value is -2.96. The number of pyridine rings is 1. The van der Waals surface area contributed by atoms with E-state index in [-0.39, 0.29) is 12.6 Å². The smallest absolute Gasteiger partial charge is 0.231 e. The number of ether oxygens (including phenoxy) is 2. The van der Waals surface area contributed by atoms with Crippen LogP contribution in [0.1, 0.15) is 11.3 Å². The first-order chi connectivity index (χ1) is 10.3. The zero-order valence-corrected chi connectivity index (χ0v) is 11.1. The molecule has 0 saturated carbocycles. The van der Waals surface area contributed by atoms with Crippen LogP contribution in [0.4, 0.5) is 5.69 Å². The van der Waals surface area contributed by atoms with E-state index < -0.39 is 0 Å². The minimum Gasteiger partial charge on any atom is -0.454 e. The fraction of sp³-hybridized carbons (Fsp3) is 0.143. The summed E-state index contributed by atoms with van der Waals surface area (Å²) in [5, 5.41) is 14.9. The number of nitrogens with zero attached hydrogens (tertiary/aromatic N) is 2. The van der Waals surface area contributed by atoms with Crippen LogP contribution in [0.15, 0.2) is 41.7 Å². The van der Waals surface area contributed by atoms with Gasteiger partial charge in [0.2, 0.25) is 6.79 Å². The zero-order chi connectivity index (χ0) is 14.7. The fourth-order valence-corrected chi connectivity index (χ4v) is 1.99. The Balaban J connectivity index is 1.70. The van der Waals surface area contributed by atoms with Crippen LogP contribution in [0.5, 0.6) is 11.5 Å². The van der Waals surface area contributed by atoms with Crippen LogP contribution in [-0.4, -0.2) is 22.8 Å². The standard InChI is InChI=1S/C14H14N4O3/c15-14(18-19)11-5-9(3-4-16-11)7-17-10-1-2-12-13(6-10)21-8-20-12/h1-6,17,19H,7-8H2,(H2,15,18). The van der Waals surface area contributed by atoms with E-state index in [1.54, 1.807) is 12.3 Å². The number of anilines is 1. The number of hydrogen-bond donors (Lipinski definition) is 3. The lowest BCUT2D eigenvalue weighted by Gasteiger charge is -2.08. The van der Waals surface area contributed by atoms with Crippen molar-refractivity contribution in [1.82, 2.24) is 4.98 Å². The second-order valence-corrected chi connectivity index (χ2v) is 4.46. The highest BCUT2D eigenvalue weighted by molar-refractivity contribution is 5.95. The number of fused-ring (bicyclic) bond motifs is 1. The molecule has 1 aromatic heterocycles. The van der Waals surface area contributed by atoms with Crippen molar-refractivity contribution in [2.45, 2.75) is 6.54 Å². The number of amidine groups is 1. The van der Waals surface area contributed by atoms with E-state index in [0.717, 1.165) is 22.7 Å². The third kappa shape index (κ3) is 2.81. The van der Waals surface area contributed by atoms with Gasteiger partial charge in [-0.1, -0.05) is 5.16 Å². The monoisotopic (exact) mass is 286 g/mol. The number of hydrogen-bond acceptors (Lipinski definition) is 6. The van der Waals surface area contributed by atoms with Crippen molar-refractivity contribution in [2.24, 2.45) is 10.9 Å². The minimum atomic E-state index is -0.0140. The van der Waals surface area contributed by atoms with Crippen LogP contribution in [0.2, 0.25) is 0 Å². The van der Waals surface area contributed by atoms with Gasteiger partial charge >= 0.3 is 0 Å². The lowest BCUT2D eigenvalue weighted by Crippen LogP contribution is -2.15. The predicted molar refractivity (Wildman–Crippen MR) is 76.6 cm³/mol. The summed E-state index contributed by atoms with van der Waals surface area (Å²) in [5.74, 6) is 1.46. The van der Waals surface area contributed by atoms with Crippen LogP contribution in [-0.2, 0) is 6.54 Å². The molecular weight excluding hydrogens is 272 g/mol. The first-order valence-electron chi connectivity index (χ1n) is 6.32. The maximum atomic E-state index is 8.66. The van der Waals surface area contributed by atoms with Crippen LogP contribution in [0.25, 0.3) is 0 Å². The molecular formula is C14H14N4O3. The zero-order valence-electron chi connectivity index (χ0n) is 11.1. The van der Waals surface area contributed by atoms with Gasteiger partial charge in [0.25, 0.3) is 0 Å². The molecule has 7 nitrogen and oxygen atoms in total. The number of aromatic nitrogens is 1. The molecule has 0 bridgehead atoms. The van der Waals surface area contributed by atoms with Crippen LogP contribution >= 0.6 is 0 Å². The van der Waals surface area contributed by atoms with E-state index in [9.17, 15) is 0 Å². The molecule has 108 valence electrons. The topological polar surface area (TPSA) is 102 Å². The fourth-order valence-electron chi connectivity index (χ4n) is 1.99. The molecule has 0 aliphatic carbocycles. The largest absolute Gasteiger partial charge is 0.454 e. The Morgan fingerprint density at radius 1 is 1.29 bits per heavy atom. The highest BCUT2D eigenvalue weighted by Gasteiger charge is 2.13. The second kappa shape index (κ2) is 5.58. The molecule has 1 aliphatic rings. The van der Waals surface area contributed by atoms with Gasteiger partial charge in [0.15, 0.2) is 17.3 Å². The van der Waals surface area contributed by atoms with Crippen LogP contribution in [0, 0.1) is 0 Å². The van der Waals surface area contributed by atoms with E-state index >= 15 is 0 Å². The molecule has 0 unspecified atom stereocenters. The molecule has 0 amide bonds. The van der Waals surface area contributed by atoms with Gasteiger partial charge in [0, 0.05) is 24.5 Å². The van der Waals surface area contributed by atoms with E-state index in [4.69, 9.17) is 20.4 Å². The van der Waals surface area contributed by atoms with E-state index in [1.807, 2.05) is 24.3 Å². The maximum Gasteiger partial charge on any atom is 0.231 e. The Bertz CT molecular complexity index is 688. The molecule has 7 heteroatoms. The predicted octanol–water partition coefficient (Wildman–Crippen LogP) is 1.52. The molecule has 0 atom stereocenters. The third-order valence-corrected chi connectivity index (χ3v) is 3.06. The Morgan fingerprint density at radius 2 is 2.14 bits per heavy atom. The molecule has 21 heavy (non-hydrogen) atoms. The summed E-state index contributed by atoms with van der Waals surface area (Å²) in [5.41, 5.74) is 7.83. The maximum absolute atomic E-state index is 8.66. The SMILES string of the molecule is NC(=NO)c1cc(CNc2ccc3c(c2)OCO3)ccn1. The van der Waals surface area contributed by atoms with Crippen molar-refractivity contribution < 1.29 is 14.7 Å². The molecule has 1 aliphatic heterocycles. The average Bonchev–Trinajstić information content (AvgIpc) is 3.00. The Kier molecular flexibility index (Phi) is 3.46. The summed E-state index contributed by atoms with van der Waals surface area (Å²) in [6.07, 6.45) is 1.62. The molecule has 3 rings (SSSR count). The number of nitrogens with one attached hydrogen (secondary N) is 1. The lowest BCUT2D eigenvalue weighted by atomic mass is 10.2. The van der Waals surface area contributed by atoms with Gasteiger partial charge in [-0.25, -0.2) is 0 Å². The van der Waals surface area contributed by atoms with Crippen molar-refractivity contribution >= 4 is 11.5 Å². The molecule has 2 heterocycles. The quantitative estimate of drug-likeness (QED) is 0.341. The van der Waals surface area contributed by atoms with Gasteiger partial charge in [0.1, 0.15) is 5.69 Å². The molecule has 1 aromatic carbocycles. The van der Waals surface area contributed by atoms with Crippen molar-refractivity contribution in [2.75, 3.05) is 12.1 Å². The van der Waals surface area contributed by atoms with Crippen molar-refractivity contribution in [3.8, 4) is 11.5 Å². The molecule has 0 radical (unpaired) electrons. The number of rotatable bonds is 4. The molecule has 4 N–H and O–H groups in total. The third-order valence-electron chi connectivity index (χ3n) is 3.06. The number of benzene rings is 1. The van der Waals surface area contributed by atoms with Crippen molar-refractivity contribution in [3.63, 3.8) is 0 Å². The molecule has 2 aromatic rings. The van der Waals surface area contributed by atoms with Gasteiger partial charge in [-0.3, -0.25) is 4.98 Å². The van der Waals surface area contributed by atoms with Crippen molar-refractivity contribution in [1.29, 1.82) is 0 Å². The van der Waals surface area contributed by atoms with Gasteiger partial charge in [0.05, 0.1) is 0 Å². The van der Waals surface area contributed by atoms with Gasteiger partial charge in [-0.05, 0) is 29.8 Å². The van der Waals surface area contributed by atoms with Crippen LogP contribution < -0.4 is 20.5 Å². The van der Waals surface area contributed by atoms with E-state index in [2.05, 4.69) is 15.5 Å². The highest BCUT2D eigenvalue weighted by Crippen LogP contribution is 2.34. The molecule has 0 saturated heterocycles. The normalized spacial score (nSPS) is 13.2. The van der Waals surface area contributed by atoms with Gasteiger partial charge in [-0.2, -0.15) is 0 Å². The highest BCUT2D eigenvalue weighted by atomic mass is 16.7. The van der Waals surface area contributed by atoms with Crippen molar-refractivity contribution in [3.05, 3.63) is 47.8 Å². The van der Waals surface area contributed by atoms with Gasteiger partial charge in [-0.15, -0.1) is 0 Å².